The Kier molecular flexibility index (Phi) is 5.76. The van der Waals surface area contributed by atoms with E-state index in [-0.39, 0.29) is 5.91 Å². The number of benzene rings is 1. The molecule has 0 atom stereocenters. The van der Waals surface area contributed by atoms with Crippen LogP contribution in [0, 0.1) is 6.92 Å². The van der Waals surface area contributed by atoms with E-state index >= 15 is 0 Å². The van der Waals surface area contributed by atoms with E-state index in [1.807, 2.05) is 14.1 Å². The second-order valence-corrected chi connectivity index (χ2v) is 6.15. The van der Waals surface area contributed by atoms with Gasteiger partial charge in [-0.25, -0.2) is 0 Å². The van der Waals surface area contributed by atoms with Gasteiger partial charge in [0.25, 0.3) is 0 Å². The van der Waals surface area contributed by atoms with Crippen LogP contribution in [0.2, 0.25) is 0 Å². The van der Waals surface area contributed by atoms with E-state index in [0.29, 0.717) is 12.6 Å². The van der Waals surface area contributed by atoms with Gasteiger partial charge in [-0.05, 0) is 30.9 Å². The van der Waals surface area contributed by atoms with Gasteiger partial charge in [0.05, 0.1) is 6.54 Å². The summed E-state index contributed by atoms with van der Waals surface area (Å²) in [7, 11) is 3.64. The molecule has 1 aromatic rings. The summed E-state index contributed by atoms with van der Waals surface area (Å²) in [5, 5.41) is 3.65. The first-order valence-electron chi connectivity index (χ1n) is 7.76. The lowest BCUT2D eigenvalue weighted by atomic mass is 10.0. The van der Waals surface area contributed by atoms with Gasteiger partial charge < -0.3 is 10.2 Å². The summed E-state index contributed by atoms with van der Waals surface area (Å²) in [6, 6.07) is 9.09. The summed E-state index contributed by atoms with van der Waals surface area (Å²) in [6.07, 6.45) is 2.24. The van der Waals surface area contributed by atoms with Gasteiger partial charge in [0.15, 0.2) is 0 Å². The fourth-order valence-electron chi connectivity index (χ4n) is 2.69. The molecule has 1 saturated heterocycles. The topological polar surface area (TPSA) is 35.6 Å². The molecule has 1 N–H and O–H groups in total. The highest BCUT2D eigenvalue weighted by Crippen LogP contribution is 2.12. The second-order valence-electron chi connectivity index (χ2n) is 6.15. The molecule has 4 nitrogen and oxygen atoms in total. The molecule has 1 fully saturated rings. The maximum atomic E-state index is 11.7. The Bertz CT molecular complexity index is 465. The smallest absolute Gasteiger partial charge is 0.236 e. The van der Waals surface area contributed by atoms with Gasteiger partial charge in [-0.1, -0.05) is 24.3 Å². The van der Waals surface area contributed by atoms with E-state index < -0.39 is 0 Å². The third-order valence-electron chi connectivity index (χ3n) is 4.29. The van der Waals surface area contributed by atoms with Crippen LogP contribution in [0.4, 0.5) is 0 Å². The van der Waals surface area contributed by atoms with Crippen LogP contribution < -0.4 is 5.32 Å². The highest BCUT2D eigenvalue weighted by atomic mass is 16.2. The fraction of sp³-hybridized carbons (Fsp3) is 0.588. The van der Waals surface area contributed by atoms with Crippen molar-refractivity contribution in [3.05, 3.63) is 35.4 Å². The summed E-state index contributed by atoms with van der Waals surface area (Å²) >= 11 is 0. The Morgan fingerprint density at radius 3 is 2.57 bits per heavy atom. The predicted octanol–water partition coefficient (Wildman–Crippen LogP) is 1.64. The first-order valence-corrected chi connectivity index (χ1v) is 7.76. The highest BCUT2D eigenvalue weighted by molar-refractivity contribution is 5.77. The van der Waals surface area contributed by atoms with E-state index in [1.165, 1.54) is 11.1 Å². The van der Waals surface area contributed by atoms with Gasteiger partial charge in [0.1, 0.15) is 0 Å². The Morgan fingerprint density at radius 2 is 1.95 bits per heavy atom. The molecule has 1 aromatic carbocycles. The minimum atomic E-state index is 0.196. The Morgan fingerprint density at radius 1 is 1.29 bits per heavy atom. The van der Waals surface area contributed by atoms with Crippen LogP contribution >= 0.6 is 0 Å². The first-order chi connectivity index (χ1) is 10.1. The molecule has 21 heavy (non-hydrogen) atoms. The molecule has 1 aliphatic heterocycles. The van der Waals surface area contributed by atoms with Gasteiger partial charge in [0, 0.05) is 39.8 Å². The van der Waals surface area contributed by atoms with Crippen LogP contribution in [-0.4, -0.2) is 55.5 Å². The van der Waals surface area contributed by atoms with E-state index in [4.69, 9.17) is 0 Å². The quantitative estimate of drug-likeness (QED) is 0.895. The van der Waals surface area contributed by atoms with Crippen LogP contribution in [-0.2, 0) is 11.3 Å². The van der Waals surface area contributed by atoms with Gasteiger partial charge in [-0.15, -0.1) is 0 Å². The maximum Gasteiger partial charge on any atom is 0.236 e. The number of hydrogen-bond acceptors (Lipinski definition) is 3. The fourth-order valence-corrected chi connectivity index (χ4v) is 2.69. The average molecular weight is 289 g/mol. The van der Waals surface area contributed by atoms with Gasteiger partial charge in [0.2, 0.25) is 5.91 Å². The third kappa shape index (κ3) is 4.83. The van der Waals surface area contributed by atoms with Crippen molar-refractivity contribution in [3.63, 3.8) is 0 Å². The molecule has 0 unspecified atom stereocenters. The van der Waals surface area contributed by atoms with Crippen molar-refractivity contribution in [2.75, 3.05) is 33.7 Å². The molecule has 0 radical (unpaired) electrons. The van der Waals surface area contributed by atoms with Crippen molar-refractivity contribution in [2.24, 2.45) is 0 Å². The highest BCUT2D eigenvalue weighted by Gasteiger charge is 2.20. The normalized spacial score (nSPS) is 16.9. The van der Waals surface area contributed by atoms with Crippen LogP contribution in [0.1, 0.15) is 24.0 Å². The number of likely N-dealkylation sites (N-methyl/N-ethyl adjacent to an activating group) is 1. The predicted molar refractivity (Wildman–Crippen MR) is 86.2 cm³/mol. The van der Waals surface area contributed by atoms with Crippen molar-refractivity contribution in [1.29, 1.82) is 0 Å². The van der Waals surface area contributed by atoms with Crippen LogP contribution in [0.15, 0.2) is 24.3 Å². The number of likely N-dealkylation sites (tertiary alicyclic amines) is 1. The van der Waals surface area contributed by atoms with E-state index in [1.54, 1.807) is 4.90 Å². The standard InChI is InChI=1S/C17H27N3O/c1-14-6-4-5-7-15(14)12-18-16-8-10-20(11-9-16)13-17(21)19(2)3/h4-7,16,18H,8-13H2,1-3H3. The Labute approximate surface area is 128 Å². The van der Waals surface area contributed by atoms with E-state index in [2.05, 4.69) is 41.4 Å². The van der Waals surface area contributed by atoms with Crippen LogP contribution in [0.25, 0.3) is 0 Å². The molecule has 116 valence electrons. The zero-order valence-electron chi connectivity index (χ0n) is 13.4. The van der Waals surface area contributed by atoms with Crippen molar-refractivity contribution >= 4 is 5.91 Å². The summed E-state index contributed by atoms with van der Waals surface area (Å²) in [5.74, 6) is 0.196. The summed E-state index contributed by atoms with van der Waals surface area (Å²) < 4.78 is 0. The molecule has 1 aliphatic rings. The minimum absolute atomic E-state index is 0.196. The Balaban J connectivity index is 1.72. The van der Waals surface area contributed by atoms with E-state index in [0.717, 1.165) is 32.5 Å². The second kappa shape index (κ2) is 7.57. The summed E-state index contributed by atoms with van der Waals surface area (Å²) in [6.45, 7) is 5.66. The van der Waals surface area contributed by atoms with Gasteiger partial charge >= 0.3 is 0 Å². The molecule has 0 aliphatic carbocycles. The maximum absolute atomic E-state index is 11.7. The van der Waals surface area contributed by atoms with Crippen molar-refractivity contribution in [3.8, 4) is 0 Å². The number of carbonyl (C=O) groups excluding carboxylic acids is 1. The number of amides is 1. The van der Waals surface area contributed by atoms with Gasteiger partial charge in [-0.3, -0.25) is 9.69 Å². The molecule has 0 aromatic heterocycles. The van der Waals surface area contributed by atoms with Crippen molar-refractivity contribution < 1.29 is 4.79 Å². The lowest BCUT2D eigenvalue weighted by Gasteiger charge is -2.32. The molecular formula is C17H27N3O. The minimum Gasteiger partial charge on any atom is -0.348 e. The molecular weight excluding hydrogens is 262 g/mol. The SMILES string of the molecule is Cc1ccccc1CNC1CCN(CC(=O)N(C)C)CC1. The number of nitrogens with one attached hydrogen (secondary N) is 1. The molecule has 4 heteroatoms. The number of nitrogens with zero attached hydrogens (tertiary/aromatic N) is 2. The zero-order chi connectivity index (χ0) is 15.2. The lowest BCUT2D eigenvalue weighted by molar-refractivity contribution is -0.130. The summed E-state index contributed by atoms with van der Waals surface area (Å²) in [5.41, 5.74) is 2.72. The third-order valence-corrected chi connectivity index (χ3v) is 4.29. The van der Waals surface area contributed by atoms with Crippen LogP contribution in [0.3, 0.4) is 0 Å². The molecule has 0 bridgehead atoms. The van der Waals surface area contributed by atoms with Crippen LogP contribution in [0.5, 0.6) is 0 Å². The first kappa shape index (κ1) is 16.0. The number of aryl methyl sites for hydroxylation is 1. The molecule has 1 heterocycles. The lowest BCUT2D eigenvalue weighted by Crippen LogP contribution is -2.45. The van der Waals surface area contributed by atoms with Gasteiger partial charge in [-0.2, -0.15) is 0 Å². The molecule has 0 spiro atoms. The molecule has 1 amide bonds. The number of carbonyl (C=O) groups is 1. The summed E-state index contributed by atoms with van der Waals surface area (Å²) in [4.78, 5) is 15.6. The largest absolute Gasteiger partial charge is 0.348 e. The number of piperidine rings is 1. The number of rotatable bonds is 5. The van der Waals surface area contributed by atoms with Crippen molar-refractivity contribution in [2.45, 2.75) is 32.4 Å². The Hall–Kier alpha value is -1.39. The van der Waals surface area contributed by atoms with E-state index in [9.17, 15) is 4.79 Å². The molecule has 2 rings (SSSR count). The number of hydrogen-bond donors (Lipinski definition) is 1. The zero-order valence-corrected chi connectivity index (χ0v) is 13.4. The molecule has 0 saturated carbocycles. The average Bonchev–Trinajstić information content (AvgIpc) is 2.48. The van der Waals surface area contributed by atoms with Crippen molar-refractivity contribution in [1.82, 2.24) is 15.1 Å². The monoisotopic (exact) mass is 289 g/mol.